The van der Waals surface area contributed by atoms with Gasteiger partial charge in [-0.05, 0) is 36.3 Å². The number of rotatable bonds is 2. The minimum Gasteiger partial charge on any atom is -0.388 e. The molecule has 1 aliphatic carbocycles. The highest BCUT2D eigenvalue weighted by Gasteiger charge is 2.27. The minimum absolute atomic E-state index is 0.318. The third kappa shape index (κ3) is 2.13. The Balaban J connectivity index is 1.82. The van der Waals surface area contributed by atoms with Gasteiger partial charge in [0.2, 0.25) is 0 Å². The van der Waals surface area contributed by atoms with E-state index in [9.17, 15) is 5.11 Å². The van der Waals surface area contributed by atoms with Gasteiger partial charge in [0.15, 0.2) is 0 Å². The molecular formula is C14H15NOS. The molecule has 1 aromatic heterocycles. The fraction of sp³-hybridized carbons (Fsp3) is 0.357. The monoisotopic (exact) mass is 245 g/mol. The molecule has 0 bridgehead atoms. The second-order valence-corrected chi connectivity index (χ2v) is 5.59. The number of nitrogens with zero attached hydrogens (tertiary/aromatic N) is 1. The number of aromatic nitrogens is 1. The van der Waals surface area contributed by atoms with E-state index in [0.29, 0.717) is 5.92 Å². The first-order valence-electron chi connectivity index (χ1n) is 5.98. The van der Waals surface area contributed by atoms with E-state index >= 15 is 0 Å². The van der Waals surface area contributed by atoms with Crippen LogP contribution in [-0.2, 0) is 12.8 Å². The summed E-state index contributed by atoms with van der Waals surface area (Å²) in [6.45, 7) is 0. The van der Waals surface area contributed by atoms with Crippen LogP contribution in [0.2, 0.25) is 0 Å². The van der Waals surface area contributed by atoms with Crippen molar-refractivity contribution in [3.8, 4) is 0 Å². The summed E-state index contributed by atoms with van der Waals surface area (Å²) in [7, 11) is 0. The highest BCUT2D eigenvalue weighted by molar-refractivity contribution is 7.09. The van der Waals surface area contributed by atoms with Crippen LogP contribution >= 0.6 is 11.3 Å². The third-order valence-electron chi connectivity index (χ3n) is 3.55. The summed E-state index contributed by atoms with van der Waals surface area (Å²) in [5, 5.41) is 10.4. The number of hydrogen-bond acceptors (Lipinski definition) is 3. The van der Waals surface area contributed by atoms with Crippen LogP contribution in [0, 0.1) is 5.92 Å². The lowest BCUT2D eigenvalue weighted by atomic mass is 9.80. The largest absolute Gasteiger partial charge is 0.388 e. The zero-order valence-corrected chi connectivity index (χ0v) is 10.4. The molecule has 1 heterocycles. The molecule has 0 saturated heterocycles. The molecule has 0 fully saturated rings. The lowest BCUT2D eigenvalue weighted by Gasteiger charge is -2.29. The van der Waals surface area contributed by atoms with Crippen LogP contribution in [0.15, 0.2) is 36.0 Å². The van der Waals surface area contributed by atoms with Gasteiger partial charge in [0.1, 0.15) is 0 Å². The third-order valence-corrected chi connectivity index (χ3v) is 4.35. The van der Waals surface area contributed by atoms with Gasteiger partial charge in [-0.1, -0.05) is 24.3 Å². The molecule has 17 heavy (non-hydrogen) atoms. The molecule has 0 saturated carbocycles. The molecule has 3 heteroatoms. The number of benzene rings is 1. The van der Waals surface area contributed by atoms with Crippen LogP contribution in [0.1, 0.15) is 28.5 Å². The van der Waals surface area contributed by atoms with E-state index in [1.54, 1.807) is 11.3 Å². The lowest BCUT2D eigenvalue weighted by molar-refractivity contribution is 0.0941. The number of hydrogen-bond donors (Lipinski definition) is 1. The first-order valence-corrected chi connectivity index (χ1v) is 6.86. The summed E-state index contributed by atoms with van der Waals surface area (Å²) >= 11 is 1.68. The highest BCUT2D eigenvalue weighted by atomic mass is 32.1. The average molecular weight is 245 g/mol. The van der Waals surface area contributed by atoms with E-state index in [2.05, 4.69) is 23.2 Å². The van der Waals surface area contributed by atoms with Crippen molar-refractivity contribution >= 4 is 11.3 Å². The maximum absolute atomic E-state index is 10.4. The van der Waals surface area contributed by atoms with Gasteiger partial charge < -0.3 is 5.11 Å². The van der Waals surface area contributed by atoms with Crippen LogP contribution in [0.5, 0.6) is 0 Å². The Kier molecular flexibility index (Phi) is 2.95. The van der Waals surface area contributed by atoms with Crippen LogP contribution < -0.4 is 0 Å². The Labute approximate surface area is 105 Å². The first kappa shape index (κ1) is 10.9. The summed E-state index contributed by atoms with van der Waals surface area (Å²) in [6, 6.07) is 8.24. The standard InChI is InChI=1S/C14H15NOS/c16-14-11(7-12-8-15-9-17-12)6-5-10-3-1-2-4-13(10)14/h1-4,8-9,11,14,16H,5-7H2. The van der Waals surface area contributed by atoms with Crippen molar-refractivity contribution < 1.29 is 5.11 Å². The first-order chi connectivity index (χ1) is 8.34. The van der Waals surface area contributed by atoms with Crippen molar-refractivity contribution in [3.63, 3.8) is 0 Å². The Morgan fingerprint density at radius 3 is 3.06 bits per heavy atom. The predicted octanol–water partition coefficient (Wildman–Crippen LogP) is 2.98. The molecule has 0 radical (unpaired) electrons. The van der Waals surface area contributed by atoms with Crippen molar-refractivity contribution in [1.82, 2.24) is 4.98 Å². The minimum atomic E-state index is -0.318. The second kappa shape index (κ2) is 4.59. The van der Waals surface area contributed by atoms with Gasteiger partial charge in [0.25, 0.3) is 0 Å². The van der Waals surface area contributed by atoms with Gasteiger partial charge in [0, 0.05) is 11.1 Å². The van der Waals surface area contributed by atoms with E-state index in [4.69, 9.17) is 0 Å². The van der Waals surface area contributed by atoms with Gasteiger partial charge >= 0.3 is 0 Å². The van der Waals surface area contributed by atoms with E-state index in [0.717, 1.165) is 24.8 Å². The molecule has 1 aliphatic rings. The van der Waals surface area contributed by atoms with Gasteiger partial charge in [-0.15, -0.1) is 11.3 Å². The lowest BCUT2D eigenvalue weighted by Crippen LogP contribution is -2.22. The average Bonchev–Trinajstić information content (AvgIpc) is 2.86. The fourth-order valence-corrected chi connectivity index (χ4v) is 3.31. The van der Waals surface area contributed by atoms with Crippen LogP contribution in [-0.4, -0.2) is 10.1 Å². The molecular weight excluding hydrogens is 230 g/mol. The molecule has 1 aromatic carbocycles. The van der Waals surface area contributed by atoms with Crippen molar-refractivity contribution in [2.75, 3.05) is 0 Å². The van der Waals surface area contributed by atoms with E-state index in [1.807, 2.05) is 17.8 Å². The number of aliphatic hydroxyl groups is 1. The second-order valence-electron chi connectivity index (χ2n) is 4.61. The predicted molar refractivity (Wildman–Crippen MR) is 69.0 cm³/mol. The molecule has 1 N–H and O–H groups in total. The number of aryl methyl sites for hydroxylation is 1. The van der Waals surface area contributed by atoms with Crippen molar-refractivity contribution in [2.24, 2.45) is 5.92 Å². The van der Waals surface area contributed by atoms with Gasteiger partial charge in [-0.2, -0.15) is 0 Å². The zero-order chi connectivity index (χ0) is 11.7. The van der Waals surface area contributed by atoms with Gasteiger partial charge in [0.05, 0.1) is 11.6 Å². The van der Waals surface area contributed by atoms with Crippen molar-refractivity contribution in [3.05, 3.63) is 52.0 Å². The summed E-state index contributed by atoms with van der Waals surface area (Å²) in [5.41, 5.74) is 4.28. The SMILES string of the molecule is OC1c2ccccc2CCC1Cc1cncs1. The van der Waals surface area contributed by atoms with Crippen LogP contribution in [0.3, 0.4) is 0 Å². The molecule has 2 aromatic rings. The molecule has 0 spiro atoms. The van der Waals surface area contributed by atoms with Gasteiger partial charge in [-0.3, -0.25) is 4.98 Å². The molecule has 3 rings (SSSR count). The Hall–Kier alpha value is -1.19. The molecule has 0 aliphatic heterocycles. The molecule has 2 nitrogen and oxygen atoms in total. The van der Waals surface area contributed by atoms with Crippen LogP contribution in [0.25, 0.3) is 0 Å². The fourth-order valence-electron chi connectivity index (χ4n) is 2.62. The Morgan fingerprint density at radius 2 is 2.24 bits per heavy atom. The number of aliphatic hydroxyl groups excluding tert-OH is 1. The highest BCUT2D eigenvalue weighted by Crippen LogP contribution is 2.36. The Morgan fingerprint density at radius 1 is 1.35 bits per heavy atom. The number of fused-ring (bicyclic) bond motifs is 1. The summed E-state index contributed by atoms with van der Waals surface area (Å²) in [5.74, 6) is 0.338. The van der Waals surface area contributed by atoms with E-state index in [-0.39, 0.29) is 6.10 Å². The normalized spacial score (nSPS) is 23.4. The van der Waals surface area contributed by atoms with Crippen LogP contribution in [0.4, 0.5) is 0 Å². The van der Waals surface area contributed by atoms with E-state index in [1.165, 1.54) is 10.4 Å². The maximum atomic E-state index is 10.4. The van der Waals surface area contributed by atoms with Gasteiger partial charge in [-0.25, -0.2) is 0 Å². The smallest absolute Gasteiger partial charge is 0.0824 e. The summed E-state index contributed by atoms with van der Waals surface area (Å²) in [6.07, 6.45) is 4.69. The van der Waals surface area contributed by atoms with E-state index < -0.39 is 0 Å². The van der Waals surface area contributed by atoms with Crippen molar-refractivity contribution in [1.29, 1.82) is 0 Å². The van der Waals surface area contributed by atoms with Crippen molar-refractivity contribution in [2.45, 2.75) is 25.4 Å². The molecule has 88 valence electrons. The molecule has 2 atom stereocenters. The number of thiazole rings is 1. The molecule has 0 amide bonds. The quantitative estimate of drug-likeness (QED) is 0.882. The molecule has 2 unspecified atom stereocenters. The maximum Gasteiger partial charge on any atom is 0.0824 e. The Bertz CT molecular complexity index is 495. The zero-order valence-electron chi connectivity index (χ0n) is 9.54. The summed E-state index contributed by atoms with van der Waals surface area (Å²) < 4.78 is 0. The topological polar surface area (TPSA) is 33.1 Å². The summed E-state index contributed by atoms with van der Waals surface area (Å²) in [4.78, 5) is 5.37.